The summed E-state index contributed by atoms with van der Waals surface area (Å²) >= 11 is 1.84. The highest BCUT2D eigenvalue weighted by Gasteiger charge is 2.30. The van der Waals surface area contributed by atoms with Crippen molar-refractivity contribution in [2.75, 3.05) is 12.8 Å². The van der Waals surface area contributed by atoms with Crippen LogP contribution in [-0.2, 0) is 4.79 Å². The second-order valence-corrected chi connectivity index (χ2v) is 5.94. The smallest absolute Gasteiger partial charge is 0.323 e. The number of hydrogen-bond acceptors (Lipinski definition) is 3. The van der Waals surface area contributed by atoms with Crippen LogP contribution in [0.2, 0.25) is 0 Å². The number of rotatable bonds is 7. The molecule has 0 spiro atoms. The van der Waals surface area contributed by atoms with Gasteiger partial charge in [0.05, 0.1) is 0 Å². The largest absolute Gasteiger partial charge is 0.480 e. The molecule has 0 amide bonds. The summed E-state index contributed by atoms with van der Waals surface area (Å²) in [4.78, 5) is 11.0. The molecule has 0 aromatic rings. The van der Waals surface area contributed by atoms with E-state index in [1.807, 2.05) is 11.8 Å². The van der Waals surface area contributed by atoms with Crippen molar-refractivity contribution in [1.29, 1.82) is 0 Å². The lowest BCUT2D eigenvalue weighted by Crippen LogP contribution is -2.48. The van der Waals surface area contributed by atoms with Gasteiger partial charge < -0.3 is 10.4 Å². The Kier molecular flexibility index (Phi) is 6.29. The summed E-state index contributed by atoms with van der Waals surface area (Å²) in [6.07, 6.45) is 0.653. The summed E-state index contributed by atoms with van der Waals surface area (Å²) in [5.41, 5.74) is -0.788. The number of hydrogen-bond donors (Lipinski definition) is 2. The molecule has 15 heavy (non-hydrogen) atoms. The highest BCUT2D eigenvalue weighted by Crippen LogP contribution is 2.22. The highest BCUT2D eigenvalue weighted by atomic mass is 32.2. The number of carbonyl (C=O) groups is 1. The minimum atomic E-state index is -0.788. The van der Waals surface area contributed by atoms with E-state index in [4.69, 9.17) is 5.11 Å². The molecule has 0 aromatic heterocycles. The van der Waals surface area contributed by atoms with Crippen molar-refractivity contribution in [3.63, 3.8) is 0 Å². The average Bonchev–Trinajstić information content (AvgIpc) is 2.16. The second-order valence-electron chi connectivity index (χ2n) is 4.46. The van der Waals surface area contributed by atoms with E-state index in [1.165, 1.54) is 0 Å². The molecule has 0 saturated heterocycles. The molecule has 0 aliphatic heterocycles. The first-order chi connectivity index (χ1) is 6.83. The van der Waals surface area contributed by atoms with E-state index >= 15 is 0 Å². The molecule has 0 rings (SSSR count). The van der Waals surface area contributed by atoms with Crippen LogP contribution in [0.1, 0.15) is 34.1 Å². The Morgan fingerprint density at radius 3 is 2.33 bits per heavy atom. The monoisotopic (exact) mass is 233 g/mol. The van der Waals surface area contributed by atoms with Crippen molar-refractivity contribution < 1.29 is 9.90 Å². The van der Waals surface area contributed by atoms with E-state index < -0.39 is 11.5 Å². The van der Waals surface area contributed by atoms with E-state index in [2.05, 4.69) is 26.1 Å². The van der Waals surface area contributed by atoms with Gasteiger partial charge in [-0.1, -0.05) is 20.8 Å². The molecule has 0 heterocycles. The van der Waals surface area contributed by atoms with Gasteiger partial charge in [-0.3, -0.25) is 4.79 Å². The van der Waals surface area contributed by atoms with Crippen molar-refractivity contribution in [3.05, 3.63) is 0 Å². The Morgan fingerprint density at radius 2 is 2.00 bits per heavy atom. The molecule has 0 fully saturated rings. The minimum absolute atomic E-state index is 0.583. The van der Waals surface area contributed by atoms with Crippen LogP contribution in [0.5, 0.6) is 0 Å². The Balaban J connectivity index is 3.98. The highest BCUT2D eigenvalue weighted by molar-refractivity contribution is 7.99. The first kappa shape index (κ1) is 14.8. The van der Waals surface area contributed by atoms with Crippen LogP contribution in [0, 0.1) is 5.92 Å². The van der Waals surface area contributed by atoms with Gasteiger partial charge in [0.15, 0.2) is 0 Å². The zero-order valence-corrected chi connectivity index (χ0v) is 11.1. The van der Waals surface area contributed by atoms with Gasteiger partial charge in [-0.25, -0.2) is 0 Å². The van der Waals surface area contributed by atoms with Crippen molar-refractivity contribution in [2.45, 2.75) is 44.9 Å². The van der Waals surface area contributed by atoms with Crippen LogP contribution < -0.4 is 5.32 Å². The van der Waals surface area contributed by atoms with Crippen LogP contribution in [0.15, 0.2) is 0 Å². The molecular weight excluding hydrogens is 210 g/mol. The Hall–Kier alpha value is -0.220. The molecule has 0 radical (unpaired) electrons. The van der Waals surface area contributed by atoms with Crippen molar-refractivity contribution >= 4 is 17.7 Å². The third-order valence-corrected chi connectivity index (χ3v) is 4.46. The molecule has 0 aliphatic carbocycles. The van der Waals surface area contributed by atoms with Gasteiger partial charge in [-0.05, 0) is 32.1 Å². The molecular formula is C11H23NO2S. The quantitative estimate of drug-likeness (QED) is 0.708. The summed E-state index contributed by atoms with van der Waals surface area (Å²) in [7, 11) is 1.70. The molecule has 0 bridgehead atoms. The van der Waals surface area contributed by atoms with E-state index in [9.17, 15) is 4.79 Å². The third-order valence-electron chi connectivity index (χ3n) is 2.95. The molecule has 90 valence electrons. The Labute approximate surface area is 97.0 Å². The maximum atomic E-state index is 11.0. The molecule has 2 atom stereocenters. The maximum Gasteiger partial charge on any atom is 0.323 e. The number of thioether (sulfide) groups is 1. The number of likely N-dealkylation sites (N-methyl/N-ethyl adjacent to an activating group) is 1. The summed E-state index contributed by atoms with van der Waals surface area (Å²) in [6, 6.07) is 0. The fraction of sp³-hybridized carbons (Fsp3) is 0.909. The van der Waals surface area contributed by atoms with Gasteiger partial charge in [0.25, 0.3) is 0 Å². The van der Waals surface area contributed by atoms with Gasteiger partial charge >= 0.3 is 5.97 Å². The van der Waals surface area contributed by atoms with Gasteiger partial charge in [0, 0.05) is 5.25 Å². The predicted octanol–water partition coefficient (Wildman–Crippen LogP) is 2.22. The number of carboxylic acid groups (broad SMARTS) is 1. The minimum Gasteiger partial charge on any atom is -0.480 e. The summed E-state index contributed by atoms with van der Waals surface area (Å²) in [5, 5.41) is 12.5. The van der Waals surface area contributed by atoms with Crippen LogP contribution >= 0.6 is 11.8 Å². The standard InChI is InChI=1S/C11H23NO2S/c1-8(2)9(3)15-7-6-11(4,12-5)10(13)14/h8-9,12H,6-7H2,1-5H3,(H,13,14). The number of nitrogens with one attached hydrogen (secondary N) is 1. The van der Waals surface area contributed by atoms with Crippen LogP contribution in [-0.4, -0.2) is 34.7 Å². The van der Waals surface area contributed by atoms with Gasteiger partial charge in [-0.2, -0.15) is 11.8 Å². The third kappa shape index (κ3) is 4.89. The van der Waals surface area contributed by atoms with Crippen LogP contribution in [0.4, 0.5) is 0 Å². The fourth-order valence-corrected chi connectivity index (χ4v) is 2.26. The maximum absolute atomic E-state index is 11.0. The Morgan fingerprint density at radius 1 is 1.47 bits per heavy atom. The number of aliphatic carboxylic acids is 1. The summed E-state index contributed by atoms with van der Waals surface area (Å²) in [6.45, 7) is 8.29. The lowest BCUT2D eigenvalue weighted by atomic mass is 10.00. The topological polar surface area (TPSA) is 49.3 Å². The van der Waals surface area contributed by atoms with E-state index in [-0.39, 0.29) is 0 Å². The summed E-state index contributed by atoms with van der Waals surface area (Å²) < 4.78 is 0. The van der Waals surface area contributed by atoms with E-state index in [1.54, 1.807) is 14.0 Å². The first-order valence-electron chi connectivity index (χ1n) is 5.37. The second kappa shape index (κ2) is 6.38. The van der Waals surface area contributed by atoms with Gasteiger partial charge in [0.2, 0.25) is 0 Å². The zero-order valence-electron chi connectivity index (χ0n) is 10.3. The molecule has 2 N–H and O–H groups in total. The molecule has 4 heteroatoms. The van der Waals surface area contributed by atoms with E-state index in [0.717, 1.165) is 5.75 Å². The normalized spacial score (nSPS) is 17.5. The van der Waals surface area contributed by atoms with Crippen molar-refractivity contribution in [1.82, 2.24) is 5.32 Å². The lowest BCUT2D eigenvalue weighted by molar-refractivity contribution is -0.144. The van der Waals surface area contributed by atoms with Gasteiger partial charge in [0.1, 0.15) is 5.54 Å². The predicted molar refractivity (Wildman–Crippen MR) is 66.5 cm³/mol. The lowest BCUT2D eigenvalue weighted by Gasteiger charge is -2.25. The molecule has 3 nitrogen and oxygen atoms in total. The SMILES string of the molecule is CNC(C)(CCSC(C)C(C)C)C(=O)O. The number of carboxylic acids is 1. The fourth-order valence-electron chi connectivity index (χ4n) is 0.980. The molecule has 0 aliphatic rings. The van der Waals surface area contributed by atoms with Crippen molar-refractivity contribution in [2.24, 2.45) is 5.92 Å². The molecule has 2 unspecified atom stereocenters. The van der Waals surface area contributed by atoms with E-state index in [0.29, 0.717) is 17.6 Å². The Bertz CT molecular complexity index is 209. The first-order valence-corrected chi connectivity index (χ1v) is 6.42. The zero-order chi connectivity index (χ0) is 12.1. The van der Waals surface area contributed by atoms with Crippen LogP contribution in [0.3, 0.4) is 0 Å². The molecule has 0 saturated carbocycles. The van der Waals surface area contributed by atoms with Gasteiger partial charge in [-0.15, -0.1) is 0 Å². The average molecular weight is 233 g/mol. The summed E-state index contributed by atoms with van der Waals surface area (Å²) in [5.74, 6) is 0.742. The van der Waals surface area contributed by atoms with Crippen molar-refractivity contribution in [3.8, 4) is 0 Å². The molecule has 0 aromatic carbocycles. The van der Waals surface area contributed by atoms with Crippen LogP contribution in [0.25, 0.3) is 0 Å².